The van der Waals surface area contributed by atoms with Gasteiger partial charge in [0.2, 0.25) is 47.3 Å². The Kier molecular flexibility index (Phi) is 29.7. The smallest absolute Gasteiger partial charge is 0.480 e. The van der Waals surface area contributed by atoms with Crippen molar-refractivity contribution < 1.29 is 89.3 Å². The first-order valence-electron chi connectivity index (χ1n) is 24.8. The summed E-state index contributed by atoms with van der Waals surface area (Å²) in [6.45, 7) is 6.65. The summed E-state index contributed by atoms with van der Waals surface area (Å²) in [5.74, 6) is -12.7. The van der Waals surface area contributed by atoms with Gasteiger partial charge in [-0.2, -0.15) is 26.3 Å². The second-order valence-corrected chi connectivity index (χ2v) is 18.2. The van der Waals surface area contributed by atoms with Crippen LogP contribution in [0.2, 0.25) is 0 Å². The molecule has 0 fully saturated rings. The fourth-order valence-electron chi connectivity index (χ4n) is 6.72. The van der Waals surface area contributed by atoms with Gasteiger partial charge >= 0.3 is 24.3 Å². The van der Waals surface area contributed by atoms with Crippen LogP contribution in [0.3, 0.4) is 0 Å². The number of rotatable bonds is 30. The lowest BCUT2D eigenvalue weighted by molar-refractivity contribution is -0.192. The largest absolute Gasteiger partial charge is 0.490 e. The Labute approximate surface area is 455 Å². The quantitative estimate of drug-likeness (QED) is 0.0267. The van der Waals surface area contributed by atoms with Gasteiger partial charge in [0.25, 0.3) is 5.91 Å². The Hall–Kier alpha value is -8.09. The Morgan fingerprint density at radius 2 is 0.812 bits per heavy atom. The highest BCUT2D eigenvalue weighted by Crippen LogP contribution is 2.22. The first-order chi connectivity index (χ1) is 37.2. The van der Waals surface area contributed by atoms with Crippen molar-refractivity contribution in [3.8, 4) is 0 Å². The SMILES string of the molecule is C[C@H](NC(=O)[C@H](C)NC(=O)[C@H](CC(F)(F)F)NC(=O)[C@H](C)NC(=O)[C@H](Cc1ccccc1)NC(=O)[C@H](C)NC(=O)[C@H](C)NC(=O)[C@H](CCCCN)NC(=O)c1ccc(N)cc1)C(=O)N[C@@H](CCCCN)C(=O)O.O=C(O)C(F)(F)F. The fraction of sp³-hybridized carbons (Fsp3) is 0.531. The van der Waals surface area contributed by atoms with Crippen LogP contribution in [0.25, 0.3) is 0 Å². The van der Waals surface area contributed by atoms with E-state index in [2.05, 4.69) is 37.2 Å². The van der Waals surface area contributed by atoms with Crippen molar-refractivity contribution in [2.75, 3.05) is 18.8 Å². The van der Waals surface area contributed by atoms with Crippen LogP contribution in [0.15, 0.2) is 54.6 Å². The van der Waals surface area contributed by atoms with E-state index in [0.717, 1.165) is 13.8 Å². The zero-order valence-corrected chi connectivity index (χ0v) is 44.3. The van der Waals surface area contributed by atoms with Crippen molar-refractivity contribution in [2.45, 2.75) is 153 Å². The number of carbonyl (C=O) groups excluding carboxylic acids is 9. The first kappa shape index (κ1) is 69.9. The summed E-state index contributed by atoms with van der Waals surface area (Å²) in [5, 5.41) is 37.5. The van der Waals surface area contributed by atoms with Crippen molar-refractivity contribution in [3.63, 3.8) is 0 Å². The molecule has 25 nitrogen and oxygen atoms in total. The average Bonchev–Trinajstić information content (AvgIpc) is 3.37. The molecule has 9 atom stereocenters. The number of amides is 9. The van der Waals surface area contributed by atoms with Crippen LogP contribution in [0, 0.1) is 0 Å². The van der Waals surface area contributed by atoms with Crippen molar-refractivity contribution in [3.05, 3.63) is 65.7 Å². The van der Waals surface area contributed by atoms with Gasteiger partial charge in [-0.1, -0.05) is 30.3 Å². The molecule has 0 bridgehead atoms. The second-order valence-electron chi connectivity index (χ2n) is 18.2. The normalized spacial score (nSPS) is 14.6. The van der Waals surface area contributed by atoms with Gasteiger partial charge in [0.1, 0.15) is 54.4 Å². The topological polar surface area (TPSA) is 415 Å². The number of benzene rings is 2. The number of alkyl halides is 6. The number of halogens is 6. The minimum Gasteiger partial charge on any atom is -0.480 e. The molecule has 446 valence electrons. The van der Waals surface area contributed by atoms with Crippen LogP contribution < -0.4 is 65.1 Å². The lowest BCUT2D eigenvalue weighted by Gasteiger charge is -2.26. The number of aliphatic carboxylic acids is 2. The van der Waals surface area contributed by atoms with Crippen LogP contribution >= 0.6 is 0 Å². The van der Waals surface area contributed by atoms with Gasteiger partial charge in [-0.25, -0.2) is 9.59 Å². The zero-order chi connectivity index (χ0) is 61.1. The molecule has 0 aromatic heterocycles. The van der Waals surface area contributed by atoms with Crippen LogP contribution in [-0.2, 0) is 54.4 Å². The molecule has 0 heterocycles. The maximum absolute atomic E-state index is 13.7. The molecule has 2 aromatic carbocycles. The summed E-state index contributed by atoms with van der Waals surface area (Å²) in [7, 11) is 0. The van der Waals surface area contributed by atoms with Crippen molar-refractivity contribution >= 4 is 70.8 Å². The molecule has 0 unspecified atom stereocenters. The van der Waals surface area contributed by atoms with E-state index in [1.165, 1.54) is 45.0 Å². The average molecular weight is 1150 g/mol. The van der Waals surface area contributed by atoms with Gasteiger partial charge in [0.15, 0.2) is 0 Å². The molecular weight excluding hydrogens is 1080 g/mol. The van der Waals surface area contributed by atoms with Crippen LogP contribution in [0.4, 0.5) is 32.0 Å². The molecule has 2 rings (SSSR count). The predicted molar refractivity (Wildman–Crippen MR) is 274 cm³/mol. The molecule has 0 aliphatic rings. The molecule has 17 N–H and O–H groups in total. The number of carboxylic acids is 2. The van der Waals surface area contributed by atoms with E-state index >= 15 is 0 Å². The van der Waals surface area contributed by atoms with Crippen molar-refractivity contribution in [1.29, 1.82) is 0 Å². The lowest BCUT2D eigenvalue weighted by Crippen LogP contribution is -2.60. The molecule has 2 aromatic rings. The molecule has 0 radical (unpaired) electrons. The van der Waals surface area contributed by atoms with Crippen molar-refractivity contribution in [2.24, 2.45) is 11.5 Å². The van der Waals surface area contributed by atoms with Gasteiger partial charge in [-0.15, -0.1) is 0 Å². The number of unbranched alkanes of at least 4 members (excludes halogenated alkanes) is 2. The Balaban J connectivity index is 0.00000426. The number of carboxylic acid groups (broad SMARTS) is 2. The van der Waals surface area contributed by atoms with Gasteiger partial charge in [-0.3, -0.25) is 43.2 Å². The second kappa shape index (κ2) is 34.0. The summed E-state index contributed by atoms with van der Waals surface area (Å²) in [6, 6.07) is 0.926. The van der Waals surface area contributed by atoms with Crippen LogP contribution in [-0.4, -0.2) is 155 Å². The summed E-state index contributed by atoms with van der Waals surface area (Å²) in [4.78, 5) is 139. The van der Waals surface area contributed by atoms with E-state index in [1.807, 2.05) is 10.6 Å². The van der Waals surface area contributed by atoms with Crippen LogP contribution in [0.1, 0.15) is 95.5 Å². The highest BCUT2D eigenvalue weighted by atomic mass is 19.4. The van der Waals surface area contributed by atoms with E-state index in [9.17, 15) is 79.4 Å². The number of nitrogens with two attached hydrogens (primary N) is 3. The van der Waals surface area contributed by atoms with E-state index in [-0.39, 0.29) is 24.8 Å². The Morgan fingerprint density at radius 3 is 1.20 bits per heavy atom. The van der Waals surface area contributed by atoms with E-state index in [4.69, 9.17) is 27.1 Å². The highest BCUT2D eigenvalue weighted by Gasteiger charge is 2.40. The first-order valence-corrected chi connectivity index (χ1v) is 24.8. The minimum absolute atomic E-state index is 0.0484. The van der Waals surface area contributed by atoms with Gasteiger partial charge < -0.3 is 75.3 Å². The van der Waals surface area contributed by atoms with E-state index in [1.54, 1.807) is 30.3 Å². The summed E-state index contributed by atoms with van der Waals surface area (Å²) in [5.41, 5.74) is 17.9. The molecule has 80 heavy (non-hydrogen) atoms. The Bertz CT molecular complexity index is 2420. The maximum atomic E-state index is 13.7. The number of anilines is 1. The van der Waals surface area contributed by atoms with Crippen LogP contribution in [0.5, 0.6) is 0 Å². The van der Waals surface area contributed by atoms with E-state index < -0.39 is 138 Å². The molecule has 0 aliphatic carbocycles. The number of nitrogen functional groups attached to an aromatic ring is 1. The molecule has 0 spiro atoms. The number of carbonyl (C=O) groups is 11. The summed E-state index contributed by atoms with van der Waals surface area (Å²) < 4.78 is 72.9. The highest BCUT2D eigenvalue weighted by molar-refractivity contribution is 6.00. The Morgan fingerprint density at radius 1 is 0.463 bits per heavy atom. The zero-order valence-electron chi connectivity index (χ0n) is 44.3. The monoisotopic (exact) mass is 1150 g/mol. The third-order valence-corrected chi connectivity index (χ3v) is 11.3. The minimum atomic E-state index is -5.08. The molecule has 0 saturated heterocycles. The molecular formula is C49H70F6N12O13. The lowest BCUT2D eigenvalue weighted by atomic mass is 10.0. The van der Waals surface area contributed by atoms with Gasteiger partial charge in [0.05, 0.1) is 6.42 Å². The molecule has 9 amide bonds. The molecule has 0 saturated carbocycles. The number of hydrogen-bond donors (Lipinski definition) is 14. The fourth-order valence-corrected chi connectivity index (χ4v) is 6.72. The van der Waals surface area contributed by atoms with Crippen molar-refractivity contribution in [1.82, 2.24) is 47.9 Å². The van der Waals surface area contributed by atoms with Gasteiger partial charge in [-0.05, 0) is 116 Å². The number of nitrogens with one attached hydrogen (secondary N) is 9. The van der Waals surface area contributed by atoms with E-state index in [0.29, 0.717) is 50.0 Å². The van der Waals surface area contributed by atoms with Gasteiger partial charge in [0, 0.05) is 17.7 Å². The predicted octanol–water partition coefficient (Wildman–Crippen LogP) is -0.484. The number of hydrogen-bond acceptors (Lipinski definition) is 14. The molecule has 31 heteroatoms. The standard InChI is InChI=1S/C47H69F3N12O11.C2HF3O2/c1-25(56-43(69)33(15-9-11-21-51)59-42(68)31-17-19-32(53)20-18-31)37(63)55-28(4)40(66)61-35(23-30-13-7-6-8-14-30)44(70)57-29(5)41(67)62-36(24-47(48,49)50)45(71)58-26(2)38(64)54-27(3)39(65)60-34(46(72)73)16-10-12-22-52;3-2(4,5)1(6)7/h6-8,13-14,17-20,25-29,33-36H,9-12,15-16,21-24,51-53H2,1-5H3,(H,54,64)(H,55,63)(H,56,69)(H,57,70)(H,58,71)(H,59,68)(H,60,65)(H,61,66)(H,62,67)(H,72,73);(H,6,7)/t25-,26-,27-,28-,29-,33-,34-,35-,36-;/m0./s1. The summed E-state index contributed by atoms with van der Waals surface area (Å²) in [6.07, 6.45) is -10.1. The molecule has 0 aliphatic heterocycles. The summed E-state index contributed by atoms with van der Waals surface area (Å²) >= 11 is 0. The third kappa shape index (κ3) is 27.0. The maximum Gasteiger partial charge on any atom is 0.490 e. The third-order valence-electron chi connectivity index (χ3n) is 11.3.